The summed E-state index contributed by atoms with van der Waals surface area (Å²) in [6.45, 7) is 16.5. The fourth-order valence-electron chi connectivity index (χ4n) is 13.7. The van der Waals surface area contributed by atoms with Gasteiger partial charge in [-0.05, 0) is 190 Å². The second-order valence-electron chi connectivity index (χ2n) is 24.5. The average Bonchev–Trinajstić information content (AvgIpc) is 4.07. The summed E-state index contributed by atoms with van der Waals surface area (Å²) in [5.74, 6) is 0. The van der Waals surface area contributed by atoms with Gasteiger partial charge >= 0.3 is 0 Å². The third-order valence-electron chi connectivity index (χ3n) is 18.2. The van der Waals surface area contributed by atoms with Crippen LogP contribution >= 0.6 is 0 Å². The molecule has 0 nitrogen and oxygen atoms in total. The third kappa shape index (κ3) is 7.12. The minimum Gasteiger partial charge on any atom is -0.0616 e. The molecule has 0 aromatic heterocycles. The van der Waals surface area contributed by atoms with Crippen LogP contribution in [0.5, 0.6) is 0 Å². The van der Waals surface area contributed by atoms with Crippen LogP contribution in [0.15, 0.2) is 237 Å². The molecule has 0 atom stereocenters. The third-order valence-corrected chi connectivity index (χ3v) is 18.2. The minimum atomic E-state index is -0.154. The first kappa shape index (κ1) is 46.5. The van der Waals surface area contributed by atoms with Crippen molar-refractivity contribution in [2.75, 3.05) is 0 Å². The molecule has 15 rings (SSSR count). The molecule has 13 aromatic rings. The smallest absolute Gasteiger partial charge is 0.0159 e. The van der Waals surface area contributed by atoms with E-state index < -0.39 is 0 Å². The van der Waals surface area contributed by atoms with Crippen LogP contribution in [0.25, 0.3) is 132 Å². The van der Waals surface area contributed by atoms with E-state index in [1.54, 1.807) is 0 Å². The van der Waals surface area contributed by atoms with E-state index in [4.69, 9.17) is 0 Å². The molecule has 0 unspecified atom stereocenters. The van der Waals surface area contributed by atoms with E-state index in [9.17, 15) is 0 Å². The first-order valence-electron chi connectivity index (χ1n) is 27.9. The Bertz CT molecular complexity index is 4570. The van der Waals surface area contributed by atoms with Crippen molar-refractivity contribution < 1.29 is 0 Å². The topological polar surface area (TPSA) is 0 Å². The highest BCUT2D eigenvalue weighted by molar-refractivity contribution is 6.25. The Morgan fingerprint density at radius 3 is 1.06 bits per heavy atom. The highest BCUT2D eigenvalue weighted by Crippen LogP contribution is 2.54. The molecule has 0 saturated carbocycles. The molecule has 0 N–H and O–H groups in total. The van der Waals surface area contributed by atoms with Crippen LogP contribution in [0.3, 0.4) is 0 Å². The van der Waals surface area contributed by atoms with Crippen molar-refractivity contribution >= 4 is 43.1 Å². The Labute approximate surface area is 458 Å². The molecule has 0 saturated heterocycles. The molecule has 0 bridgehead atoms. The van der Waals surface area contributed by atoms with Gasteiger partial charge in [-0.3, -0.25) is 0 Å². The molecule has 0 spiro atoms. The van der Waals surface area contributed by atoms with Crippen molar-refractivity contribution in [3.8, 4) is 89.0 Å². The van der Waals surface area contributed by atoms with Crippen LogP contribution in [-0.4, -0.2) is 0 Å². The summed E-state index contributed by atoms with van der Waals surface area (Å²) in [5, 5.41) is 10.5. The Balaban J connectivity index is 0.671. The quantitative estimate of drug-likeness (QED) is 0.146. The van der Waals surface area contributed by atoms with Gasteiger partial charge in [0.1, 0.15) is 0 Å². The Kier molecular flexibility index (Phi) is 10.0. The fourth-order valence-corrected chi connectivity index (χ4v) is 13.7. The molecule has 13 aromatic carbocycles. The number of fused-ring (bicyclic) bond motifs is 7. The maximum atomic E-state index is 2.47. The molecule has 78 heavy (non-hydrogen) atoms. The molecule has 0 heteroatoms. The largest absolute Gasteiger partial charge is 0.0616 e. The van der Waals surface area contributed by atoms with Gasteiger partial charge in [-0.25, -0.2) is 0 Å². The first-order valence-corrected chi connectivity index (χ1v) is 27.9. The predicted molar refractivity (Wildman–Crippen MR) is 334 cm³/mol. The number of hydrogen-bond acceptors (Lipinski definition) is 0. The number of benzene rings is 13. The lowest BCUT2D eigenvalue weighted by molar-refractivity contribution is 0.591. The Morgan fingerprint density at radius 1 is 0.244 bits per heavy atom. The molecule has 0 aliphatic heterocycles. The summed E-state index contributed by atoms with van der Waals surface area (Å²) in [4.78, 5) is 0. The zero-order valence-corrected chi connectivity index (χ0v) is 45.5. The summed E-state index contributed by atoms with van der Waals surface area (Å²) in [5.41, 5.74) is 27.1. The first-order chi connectivity index (χ1) is 37.8. The van der Waals surface area contributed by atoms with E-state index in [1.165, 1.54) is 160 Å². The number of hydrogen-bond donors (Lipinski definition) is 0. The van der Waals surface area contributed by atoms with Crippen LogP contribution < -0.4 is 0 Å². The molecule has 0 radical (unpaired) electrons. The van der Waals surface area contributed by atoms with Crippen LogP contribution in [0.2, 0.25) is 0 Å². The normalized spacial score (nSPS) is 14.0. The SMILES string of the molecule is CC(C)(C)c1cc2ccc3ccc(-c4ccc(-c5ccc(-c6ccc7c(c6)C(C)(C)c6cc(-c8ccc9c(c8)C(C)(C)c8cc(-c%10ccc(-c%11cccc%12ccccc%11%12)cc%10)ccc8-9)ccc6-7)cc5)cc4)c4ccc(c1)c2c34. The fraction of sp³-hybridized carbons (Fsp3) is 0.128. The summed E-state index contributed by atoms with van der Waals surface area (Å²) in [6.07, 6.45) is 0. The molecular formula is C78H60. The zero-order chi connectivity index (χ0) is 52.8. The lowest BCUT2D eigenvalue weighted by Crippen LogP contribution is -2.15. The van der Waals surface area contributed by atoms with Gasteiger partial charge in [-0.15, -0.1) is 0 Å². The van der Waals surface area contributed by atoms with Gasteiger partial charge in [0.15, 0.2) is 0 Å². The van der Waals surface area contributed by atoms with Crippen molar-refractivity contribution in [3.05, 3.63) is 264 Å². The maximum Gasteiger partial charge on any atom is 0.0159 e. The maximum absolute atomic E-state index is 2.47. The van der Waals surface area contributed by atoms with E-state index in [0.717, 1.165) is 0 Å². The van der Waals surface area contributed by atoms with Gasteiger partial charge in [0.05, 0.1) is 0 Å². The van der Waals surface area contributed by atoms with Gasteiger partial charge in [0, 0.05) is 10.8 Å². The molecule has 372 valence electrons. The van der Waals surface area contributed by atoms with Gasteiger partial charge in [0.25, 0.3) is 0 Å². The minimum absolute atomic E-state index is 0.0956. The van der Waals surface area contributed by atoms with Gasteiger partial charge in [-0.1, -0.05) is 261 Å². The van der Waals surface area contributed by atoms with E-state index >= 15 is 0 Å². The van der Waals surface area contributed by atoms with Crippen LogP contribution in [0, 0.1) is 0 Å². The summed E-state index contributed by atoms with van der Waals surface area (Å²) >= 11 is 0. The molecule has 0 fully saturated rings. The molecule has 2 aliphatic carbocycles. The lowest BCUT2D eigenvalue weighted by atomic mass is 9.79. The van der Waals surface area contributed by atoms with E-state index in [-0.39, 0.29) is 16.2 Å². The molecular weight excluding hydrogens is 937 g/mol. The lowest BCUT2D eigenvalue weighted by Gasteiger charge is -2.24. The Morgan fingerprint density at radius 2 is 0.590 bits per heavy atom. The molecule has 0 heterocycles. The second-order valence-corrected chi connectivity index (χ2v) is 24.5. The highest BCUT2D eigenvalue weighted by atomic mass is 14.4. The van der Waals surface area contributed by atoms with Crippen molar-refractivity contribution in [3.63, 3.8) is 0 Å². The zero-order valence-electron chi connectivity index (χ0n) is 45.5. The Hall–Kier alpha value is -8.84. The van der Waals surface area contributed by atoms with Gasteiger partial charge in [0.2, 0.25) is 0 Å². The summed E-state index contributed by atoms with van der Waals surface area (Å²) in [6, 6.07) is 89.9. The van der Waals surface area contributed by atoms with Crippen molar-refractivity contribution in [1.82, 2.24) is 0 Å². The monoisotopic (exact) mass is 996 g/mol. The predicted octanol–water partition coefficient (Wildman–Crippen LogP) is 21.6. The van der Waals surface area contributed by atoms with Crippen LogP contribution in [0.1, 0.15) is 76.3 Å². The van der Waals surface area contributed by atoms with E-state index in [0.29, 0.717) is 0 Å². The number of rotatable bonds is 6. The highest BCUT2D eigenvalue weighted by Gasteiger charge is 2.38. The average molecular weight is 997 g/mol. The second kappa shape index (κ2) is 16.8. The van der Waals surface area contributed by atoms with Crippen molar-refractivity contribution in [2.45, 2.75) is 64.7 Å². The van der Waals surface area contributed by atoms with Crippen LogP contribution in [-0.2, 0) is 16.2 Å². The van der Waals surface area contributed by atoms with E-state index in [1.807, 2.05) is 0 Å². The van der Waals surface area contributed by atoms with Crippen molar-refractivity contribution in [1.29, 1.82) is 0 Å². The van der Waals surface area contributed by atoms with Crippen molar-refractivity contribution in [2.24, 2.45) is 0 Å². The standard InChI is InChI=1S/C78H60/c1-76(2,3)61-41-59-28-27-54-29-35-64(69-40-34-60(42-61)74(59)75(54)69)53-23-19-48(20-24-53)47-15-17-49(18-16-47)55-30-36-65-67-38-32-57(45-72(67)77(4,5)70(65)43-55)58-33-39-68-66-37-31-56(44-71(66)78(6,7)73(68)46-58)50-21-25-52(26-22-50)63-14-10-12-51-11-8-9-13-62(51)63/h8-46H,1-7H3. The van der Waals surface area contributed by atoms with E-state index in [2.05, 4.69) is 285 Å². The summed E-state index contributed by atoms with van der Waals surface area (Å²) < 4.78 is 0. The summed E-state index contributed by atoms with van der Waals surface area (Å²) in [7, 11) is 0. The van der Waals surface area contributed by atoms with Gasteiger partial charge in [-0.2, -0.15) is 0 Å². The molecule has 0 amide bonds. The van der Waals surface area contributed by atoms with Gasteiger partial charge < -0.3 is 0 Å². The molecule has 2 aliphatic rings. The van der Waals surface area contributed by atoms with Crippen LogP contribution in [0.4, 0.5) is 0 Å².